The SMILES string of the molecule is CCN(CC)C1(C(NN)c2ccccc2C)CCCC1. The molecule has 1 unspecified atom stereocenters. The van der Waals surface area contributed by atoms with E-state index in [4.69, 9.17) is 5.84 Å². The largest absolute Gasteiger partial charge is 0.296 e. The van der Waals surface area contributed by atoms with Crippen molar-refractivity contribution in [2.45, 2.75) is 58.0 Å². The van der Waals surface area contributed by atoms with Crippen LogP contribution in [0.25, 0.3) is 0 Å². The number of nitrogens with two attached hydrogens (primary N) is 1. The second-order valence-electron chi connectivity index (χ2n) is 5.94. The van der Waals surface area contributed by atoms with E-state index in [0.29, 0.717) is 0 Å². The van der Waals surface area contributed by atoms with Crippen LogP contribution in [-0.4, -0.2) is 23.5 Å². The number of rotatable bonds is 6. The van der Waals surface area contributed by atoms with Crippen molar-refractivity contribution in [3.63, 3.8) is 0 Å². The standard InChI is InChI=1S/C17H29N3/c1-4-20(5-2)17(12-8-9-13-17)16(19-18)15-11-7-6-10-14(15)3/h6-7,10-11,16,19H,4-5,8-9,12-13,18H2,1-3H3. The number of nitrogens with zero attached hydrogens (tertiary/aromatic N) is 1. The molecular formula is C17H29N3. The van der Waals surface area contributed by atoms with Gasteiger partial charge < -0.3 is 0 Å². The van der Waals surface area contributed by atoms with E-state index in [2.05, 4.69) is 55.4 Å². The van der Waals surface area contributed by atoms with Gasteiger partial charge >= 0.3 is 0 Å². The fraction of sp³-hybridized carbons (Fsp3) is 0.647. The van der Waals surface area contributed by atoms with E-state index in [9.17, 15) is 0 Å². The van der Waals surface area contributed by atoms with Crippen molar-refractivity contribution >= 4 is 0 Å². The second-order valence-corrected chi connectivity index (χ2v) is 5.94. The van der Waals surface area contributed by atoms with Gasteiger partial charge in [0.05, 0.1) is 6.04 Å². The summed E-state index contributed by atoms with van der Waals surface area (Å²) in [4.78, 5) is 2.61. The predicted molar refractivity (Wildman–Crippen MR) is 85.4 cm³/mol. The molecule has 0 amide bonds. The van der Waals surface area contributed by atoms with Gasteiger partial charge in [-0.3, -0.25) is 16.2 Å². The molecule has 2 rings (SSSR count). The first-order valence-electron chi connectivity index (χ1n) is 7.96. The van der Waals surface area contributed by atoms with Crippen LogP contribution in [-0.2, 0) is 0 Å². The molecule has 1 aliphatic carbocycles. The molecule has 1 saturated carbocycles. The molecule has 3 N–H and O–H groups in total. The number of benzene rings is 1. The summed E-state index contributed by atoms with van der Waals surface area (Å²) in [6.45, 7) is 8.87. The summed E-state index contributed by atoms with van der Waals surface area (Å²) in [5, 5.41) is 0. The zero-order valence-electron chi connectivity index (χ0n) is 13.2. The lowest BCUT2D eigenvalue weighted by Gasteiger charge is -2.46. The van der Waals surface area contributed by atoms with Crippen molar-refractivity contribution in [1.82, 2.24) is 10.3 Å². The average Bonchev–Trinajstić information content (AvgIpc) is 2.93. The average molecular weight is 275 g/mol. The van der Waals surface area contributed by atoms with Gasteiger partial charge in [-0.1, -0.05) is 51.0 Å². The fourth-order valence-electron chi connectivity index (χ4n) is 4.07. The maximum absolute atomic E-state index is 6.01. The first-order valence-corrected chi connectivity index (χ1v) is 7.96. The van der Waals surface area contributed by atoms with E-state index in [1.807, 2.05) is 0 Å². The molecule has 0 saturated heterocycles. The van der Waals surface area contributed by atoms with Crippen LogP contribution in [0.4, 0.5) is 0 Å². The zero-order chi connectivity index (χ0) is 14.6. The molecule has 0 heterocycles. The van der Waals surface area contributed by atoms with Crippen LogP contribution in [0, 0.1) is 6.92 Å². The van der Waals surface area contributed by atoms with Crippen LogP contribution in [0.5, 0.6) is 0 Å². The van der Waals surface area contributed by atoms with Crippen molar-refractivity contribution in [2.24, 2.45) is 5.84 Å². The quantitative estimate of drug-likeness (QED) is 0.619. The van der Waals surface area contributed by atoms with E-state index >= 15 is 0 Å². The summed E-state index contributed by atoms with van der Waals surface area (Å²) in [5.41, 5.74) is 6.00. The molecule has 1 atom stereocenters. The summed E-state index contributed by atoms with van der Waals surface area (Å²) in [5.74, 6) is 6.01. The molecule has 3 heteroatoms. The van der Waals surface area contributed by atoms with Gasteiger partial charge in [0.25, 0.3) is 0 Å². The van der Waals surface area contributed by atoms with Gasteiger partial charge in [-0.05, 0) is 44.0 Å². The van der Waals surface area contributed by atoms with Gasteiger partial charge in [0, 0.05) is 5.54 Å². The summed E-state index contributed by atoms with van der Waals surface area (Å²) < 4.78 is 0. The summed E-state index contributed by atoms with van der Waals surface area (Å²) in [6, 6.07) is 8.85. The van der Waals surface area contributed by atoms with E-state index in [-0.39, 0.29) is 11.6 Å². The number of likely N-dealkylation sites (N-methyl/N-ethyl adjacent to an activating group) is 1. The molecule has 0 bridgehead atoms. The number of hydrogen-bond acceptors (Lipinski definition) is 3. The zero-order valence-corrected chi connectivity index (χ0v) is 13.2. The monoisotopic (exact) mass is 275 g/mol. The van der Waals surface area contributed by atoms with E-state index in [1.54, 1.807) is 0 Å². The lowest BCUT2D eigenvalue weighted by atomic mass is 9.80. The smallest absolute Gasteiger partial charge is 0.0646 e. The Hall–Kier alpha value is -0.900. The molecule has 112 valence electrons. The Balaban J connectivity index is 2.43. The van der Waals surface area contributed by atoms with Gasteiger partial charge in [-0.25, -0.2) is 0 Å². The molecule has 3 nitrogen and oxygen atoms in total. The third kappa shape index (κ3) is 2.62. The van der Waals surface area contributed by atoms with E-state index in [1.165, 1.54) is 36.8 Å². The van der Waals surface area contributed by atoms with Crippen LogP contribution in [0.3, 0.4) is 0 Å². The van der Waals surface area contributed by atoms with Crippen LogP contribution in [0.2, 0.25) is 0 Å². The minimum Gasteiger partial charge on any atom is -0.296 e. The second kappa shape index (κ2) is 6.70. The Morgan fingerprint density at radius 1 is 1.20 bits per heavy atom. The van der Waals surface area contributed by atoms with Gasteiger partial charge in [-0.2, -0.15) is 0 Å². The normalized spacial score (nSPS) is 19.4. The van der Waals surface area contributed by atoms with Crippen molar-refractivity contribution < 1.29 is 0 Å². The molecule has 0 radical (unpaired) electrons. The van der Waals surface area contributed by atoms with Gasteiger partial charge in [0.2, 0.25) is 0 Å². The Morgan fingerprint density at radius 2 is 1.80 bits per heavy atom. The molecule has 0 spiro atoms. The van der Waals surface area contributed by atoms with Crippen LogP contribution in [0.1, 0.15) is 56.7 Å². The van der Waals surface area contributed by atoms with Crippen molar-refractivity contribution in [2.75, 3.05) is 13.1 Å². The van der Waals surface area contributed by atoms with E-state index in [0.717, 1.165) is 13.1 Å². The molecule has 0 aliphatic heterocycles. The van der Waals surface area contributed by atoms with Crippen LogP contribution >= 0.6 is 0 Å². The number of nitrogens with one attached hydrogen (secondary N) is 1. The Labute approximate surface area is 123 Å². The summed E-state index contributed by atoms with van der Waals surface area (Å²) >= 11 is 0. The fourth-order valence-corrected chi connectivity index (χ4v) is 4.07. The molecule has 0 aromatic heterocycles. The van der Waals surface area contributed by atoms with Crippen LogP contribution in [0.15, 0.2) is 24.3 Å². The number of hydrazine groups is 1. The van der Waals surface area contributed by atoms with Crippen LogP contribution < -0.4 is 11.3 Å². The third-order valence-corrected chi connectivity index (χ3v) is 5.07. The Morgan fingerprint density at radius 3 is 2.30 bits per heavy atom. The minimum atomic E-state index is 0.171. The summed E-state index contributed by atoms with van der Waals surface area (Å²) in [7, 11) is 0. The number of hydrogen-bond donors (Lipinski definition) is 2. The van der Waals surface area contributed by atoms with E-state index < -0.39 is 0 Å². The molecule has 1 aliphatic rings. The molecule has 20 heavy (non-hydrogen) atoms. The molecule has 1 aromatic carbocycles. The van der Waals surface area contributed by atoms with Gasteiger partial charge in [0.1, 0.15) is 0 Å². The highest BCUT2D eigenvalue weighted by atomic mass is 15.3. The Kier molecular flexibility index (Phi) is 5.19. The van der Waals surface area contributed by atoms with Gasteiger partial charge in [-0.15, -0.1) is 0 Å². The first-order chi connectivity index (χ1) is 9.69. The maximum Gasteiger partial charge on any atom is 0.0646 e. The highest BCUT2D eigenvalue weighted by Gasteiger charge is 2.45. The number of aryl methyl sites for hydroxylation is 1. The molecule has 1 fully saturated rings. The third-order valence-electron chi connectivity index (χ3n) is 5.07. The molecule has 1 aromatic rings. The molecular weight excluding hydrogens is 246 g/mol. The minimum absolute atomic E-state index is 0.171. The lowest BCUT2D eigenvalue weighted by molar-refractivity contribution is 0.0624. The van der Waals surface area contributed by atoms with Crippen molar-refractivity contribution in [1.29, 1.82) is 0 Å². The highest BCUT2D eigenvalue weighted by molar-refractivity contribution is 5.32. The first kappa shape index (κ1) is 15.5. The predicted octanol–water partition coefficient (Wildman–Crippen LogP) is 3.15. The van der Waals surface area contributed by atoms with Crippen molar-refractivity contribution in [3.05, 3.63) is 35.4 Å². The topological polar surface area (TPSA) is 41.3 Å². The maximum atomic E-state index is 6.01. The highest BCUT2D eigenvalue weighted by Crippen LogP contribution is 2.44. The van der Waals surface area contributed by atoms with Crippen molar-refractivity contribution in [3.8, 4) is 0 Å². The summed E-state index contributed by atoms with van der Waals surface area (Å²) in [6.07, 6.45) is 5.08. The Bertz CT molecular complexity index is 420. The van der Waals surface area contributed by atoms with Gasteiger partial charge in [0.15, 0.2) is 0 Å². The lowest BCUT2D eigenvalue weighted by Crippen LogP contribution is -2.56.